The van der Waals surface area contributed by atoms with Crippen LogP contribution in [0.4, 0.5) is 0 Å². The number of phenolic OH excluding ortho intramolecular Hbond substituents is 1. The van der Waals surface area contributed by atoms with Gasteiger partial charge in [-0.2, -0.15) is 5.10 Å². The predicted octanol–water partition coefficient (Wildman–Crippen LogP) is 2.95. The Balaban J connectivity index is 1.99. The number of hydrogen-bond acceptors (Lipinski definition) is 4. The van der Waals surface area contributed by atoms with E-state index < -0.39 is 11.9 Å². The molecule has 6 nitrogen and oxygen atoms in total. The molecule has 0 aliphatic carbocycles. The van der Waals surface area contributed by atoms with Gasteiger partial charge in [0.25, 0.3) is 11.8 Å². The van der Waals surface area contributed by atoms with E-state index in [0.717, 1.165) is 5.56 Å². The van der Waals surface area contributed by atoms with Gasteiger partial charge in [-0.3, -0.25) is 9.59 Å². The minimum atomic E-state index is -0.741. The summed E-state index contributed by atoms with van der Waals surface area (Å²) in [6.45, 7) is 3.66. The second kappa shape index (κ2) is 9.01. The van der Waals surface area contributed by atoms with Crippen molar-refractivity contribution in [1.29, 1.82) is 0 Å². The third-order valence-electron chi connectivity index (χ3n) is 3.62. The van der Waals surface area contributed by atoms with Crippen molar-refractivity contribution >= 4 is 29.6 Å². The summed E-state index contributed by atoms with van der Waals surface area (Å²) in [5.41, 5.74) is 3.56. The molecule has 0 aliphatic rings. The van der Waals surface area contributed by atoms with E-state index in [9.17, 15) is 14.7 Å². The van der Waals surface area contributed by atoms with Crippen LogP contribution >= 0.6 is 11.6 Å². The van der Waals surface area contributed by atoms with Gasteiger partial charge in [0.05, 0.1) is 6.21 Å². The fraction of sp³-hybridized carbons (Fsp3) is 0.211. The number of benzene rings is 2. The van der Waals surface area contributed by atoms with E-state index in [2.05, 4.69) is 15.8 Å². The standard InChI is InChI=1S/C19H20ClN3O3/c1-12(2)17(22-18(25)14-5-7-15(20)8-6-14)19(26)23-21-11-13-3-9-16(24)10-4-13/h3-12,17,24H,1-2H3,(H,22,25)(H,23,26)/b21-11+. The van der Waals surface area contributed by atoms with Crippen LogP contribution in [0.15, 0.2) is 53.6 Å². The van der Waals surface area contributed by atoms with Crippen molar-refractivity contribution < 1.29 is 14.7 Å². The van der Waals surface area contributed by atoms with Crippen molar-refractivity contribution in [3.8, 4) is 5.75 Å². The zero-order valence-electron chi connectivity index (χ0n) is 14.4. The Morgan fingerprint density at radius 3 is 2.27 bits per heavy atom. The molecule has 0 aromatic heterocycles. The lowest BCUT2D eigenvalue weighted by Gasteiger charge is -2.20. The molecule has 0 saturated heterocycles. The van der Waals surface area contributed by atoms with Gasteiger partial charge in [-0.25, -0.2) is 5.43 Å². The van der Waals surface area contributed by atoms with Crippen LogP contribution in [0.1, 0.15) is 29.8 Å². The van der Waals surface area contributed by atoms with Crippen molar-refractivity contribution in [3.63, 3.8) is 0 Å². The number of hydrogen-bond donors (Lipinski definition) is 3. The molecular formula is C19H20ClN3O3. The average Bonchev–Trinajstić information content (AvgIpc) is 2.61. The first-order valence-corrected chi connectivity index (χ1v) is 8.43. The number of nitrogens with one attached hydrogen (secondary N) is 2. The molecule has 26 heavy (non-hydrogen) atoms. The highest BCUT2D eigenvalue weighted by atomic mass is 35.5. The fourth-order valence-corrected chi connectivity index (χ4v) is 2.29. The van der Waals surface area contributed by atoms with Gasteiger partial charge in [-0.1, -0.05) is 25.4 Å². The summed E-state index contributed by atoms with van der Waals surface area (Å²) in [7, 11) is 0. The largest absolute Gasteiger partial charge is 0.508 e. The molecule has 0 aliphatic heterocycles. The van der Waals surface area contributed by atoms with Crippen LogP contribution < -0.4 is 10.7 Å². The monoisotopic (exact) mass is 373 g/mol. The molecule has 0 fully saturated rings. The normalized spacial score (nSPS) is 12.2. The van der Waals surface area contributed by atoms with Crippen LogP contribution in [0, 0.1) is 5.92 Å². The number of amides is 2. The number of rotatable bonds is 6. The third kappa shape index (κ3) is 5.60. The van der Waals surface area contributed by atoms with Gasteiger partial charge in [-0.05, 0) is 60.0 Å². The van der Waals surface area contributed by atoms with Crippen LogP contribution in [-0.4, -0.2) is 29.2 Å². The van der Waals surface area contributed by atoms with Crippen molar-refractivity contribution in [2.75, 3.05) is 0 Å². The topological polar surface area (TPSA) is 90.8 Å². The molecule has 2 aromatic carbocycles. The Bertz CT molecular complexity index is 787. The van der Waals surface area contributed by atoms with Gasteiger partial charge in [0.1, 0.15) is 11.8 Å². The van der Waals surface area contributed by atoms with Crippen molar-refractivity contribution in [2.24, 2.45) is 11.0 Å². The summed E-state index contributed by atoms with van der Waals surface area (Å²) in [6.07, 6.45) is 1.45. The first-order chi connectivity index (χ1) is 12.4. The first kappa shape index (κ1) is 19.5. The van der Waals surface area contributed by atoms with Gasteiger partial charge in [0, 0.05) is 10.6 Å². The molecule has 7 heteroatoms. The smallest absolute Gasteiger partial charge is 0.262 e. The number of phenols is 1. The zero-order chi connectivity index (χ0) is 19.1. The summed E-state index contributed by atoms with van der Waals surface area (Å²) in [5, 5.41) is 16.4. The minimum Gasteiger partial charge on any atom is -0.508 e. The maximum atomic E-state index is 12.3. The molecule has 0 radical (unpaired) electrons. The molecule has 136 valence electrons. The van der Waals surface area contributed by atoms with Gasteiger partial charge >= 0.3 is 0 Å². The molecule has 2 amide bonds. The highest BCUT2D eigenvalue weighted by Crippen LogP contribution is 2.11. The summed E-state index contributed by atoms with van der Waals surface area (Å²) < 4.78 is 0. The molecule has 2 aromatic rings. The Hall–Kier alpha value is -2.86. The van der Waals surface area contributed by atoms with Gasteiger partial charge < -0.3 is 10.4 Å². The summed E-state index contributed by atoms with van der Waals surface area (Å²) in [5.74, 6) is -0.763. The van der Waals surface area contributed by atoms with Crippen molar-refractivity contribution in [3.05, 3.63) is 64.7 Å². The number of nitrogens with zero attached hydrogens (tertiary/aromatic N) is 1. The fourth-order valence-electron chi connectivity index (χ4n) is 2.16. The van der Waals surface area contributed by atoms with Gasteiger partial charge in [0.15, 0.2) is 0 Å². The minimum absolute atomic E-state index is 0.130. The molecule has 1 atom stereocenters. The van der Waals surface area contributed by atoms with E-state index in [0.29, 0.717) is 10.6 Å². The van der Waals surface area contributed by atoms with Crippen LogP contribution in [0.25, 0.3) is 0 Å². The number of halogens is 1. The maximum Gasteiger partial charge on any atom is 0.262 e. The Morgan fingerprint density at radius 1 is 1.08 bits per heavy atom. The average molecular weight is 374 g/mol. The summed E-state index contributed by atoms with van der Waals surface area (Å²) in [4.78, 5) is 24.7. The van der Waals surface area contributed by atoms with Crippen molar-refractivity contribution in [1.82, 2.24) is 10.7 Å². The van der Waals surface area contributed by atoms with E-state index >= 15 is 0 Å². The van der Waals surface area contributed by atoms with E-state index in [4.69, 9.17) is 11.6 Å². The number of hydrazone groups is 1. The molecule has 3 N–H and O–H groups in total. The maximum absolute atomic E-state index is 12.3. The lowest BCUT2D eigenvalue weighted by Crippen LogP contribution is -2.48. The highest BCUT2D eigenvalue weighted by molar-refractivity contribution is 6.30. The SMILES string of the molecule is CC(C)C(NC(=O)c1ccc(Cl)cc1)C(=O)N/N=C/c1ccc(O)cc1. The summed E-state index contributed by atoms with van der Waals surface area (Å²) >= 11 is 5.81. The van der Waals surface area contributed by atoms with Gasteiger partial charge in [-0.15, -0.1) is 0 Å². The number of aromatic hydroxyl groups is 1. The second-order valence-electron chi connectivity index (χ2n) is 6.03. The Kier molecular flexibility index (Phi) is 6.74. The molecule has 0 saturated carbocycles. The Morgan fingerprint density at radius 2 is 1.69 bits per heavy atom. The van der Waals surface area contributed by atoms with E-state index in [1.807, 2.05) is 13.8 Å². The van der Waals surface area contributed by atoms with Crippen molar-refractivity contribution in [2.45, 2.75) is 19.9 Å². The van der Waals surface area contributed by atoms with Crippen LogP contribution in [0.2, 0.25) is 5.02 Å². The summed E-state index contributed by atoms with van der Waals surface area (Å²) in [6, 6.07) is 12.0. The van der Waals surface area contributed by atoms with Gasteiger partial charge in [0.2, 0.25) is 0 Å². The molecule has 2 rings (SSSR count). The van der Waals surface area contributed by atoms with Crippen LogP contribution in [0.3, 0.4) is 0 Å². The highest BCUT2D eigenvalue weighted by Gasteiger charge is 2.24. The Labute approximate surface area is 156 Å². The second-order valence-corrected chi connectivity index (χ2v) is 6.46. The lowest BCUT2D eigenvalue weighted by molar-refractivity contribution is -0.123. The first-order valence-electron chi connectivity index (χ1n) is 8.05. The third-order valence-corrected chi connectivity index (χ3v) is 3.88. The lowest BCUT2D eigenvalue weighted by atomic mass is 10.0. The molecule has 1 unspecified atom stereocenters. The van der Waals surface area contributed by atoms with Crippen LogP contribution in [0.5, 0.6) is 5.75 Å². The molecule has 0 heterocycles. The molecule has 0 bridgehead atoms. The van der Waals surface area contributed by atoms with Crippen LogP contribution in [-0.2, 0) is 4.79 Å². The molecule has 0 spiro atoms. The number of carbonyl (C=O) groups is 2. The molecular weight excluding hydrogens is 354 g/mol. The predicted molar refractivity (Wildman–Crippen MR) is 101 cm³/mol. The van der Waals surface area contributed by atoms with E-state index in [1.54, 1.807) is 36.4 Å². The quantitative estimate of drug-likeness (QED) is 0.537. The zero-order valence-corrected chi connectivity index (χ0v) is 15.2. The number of carbonyl (C=O) groups excluding carboxylic acids is 2. The van der Waals surface area contributed by atoms with E-state index in [1.165, 1.54) is 18.3 Å². The van der Waals surface area contributed by atoms with E-state index in [-0.39, 0.29) is 17.6 Å².